The van der Waals surface area contributed by atoms with Crippen LogP contribution in [0.1, 0.15) is 97.9 Å². The van der Waals surface area contributed by atoms with Gasteiger partial charge in [0.25, 0.3) is 0 Å². The lowest BCUT2D eigenvalue weighted by atomic mass is 9.88. The van der Waals surface area contributed by atoms with Crippen molar-refractivity contribution in [2.24, 2.45) is 0 Å². The lowest BCUT2D eigenvalue weighted by Crippen LogP contribution is -2.11. The third-order valence-corrected chi connectivity index (χ3v) is 40.8. The number of thiophene rings is 16. The van der Waals surface area contributed by atoms with E-state index in [1.165, 1.54) is 137 Å². The highest BCUT2D eigenvalue weighted by Gasteiger charge is 2.29. The van der Waals surface area contributed by atoms with Gasteiger partial charge in [-0.2, -0.15) is 0 Å². The monoisotopic (exact) mass is 1900 g/mol. The molecule has 0 unspecified atom stereocenters. The van der Waals surface area contributed by atoms with Crippen molar-refractivity contribution in [2.45, 2.75) is 79.1 Å². The van der Waals surface area contributed by atoms with E-state index in [-0.39, 0.29) is 0 Å². The molecule has 0 radical (unpaired) electrons. The van der Waals surface area contributed by atoms with E-state index in [0.717, 1.165) is 115 Å². The van der Waals surface area contributed by atoms with E-state index in [9.17, 15) is 0 Å². The number of ether oxygens (including phenoxy) is 4. The van der Waals surface area contributed by atoms with Gasteiger partial charge < -0.3 is 18.9 Å². The number of hydrogen-bond acceptors (Lipinski definition) is 20. The summed E-state index contributed by atoms with van der Waals surface area (Å²) in [5, 5.41) is 8.67. The molecular weight excluding hydrogens is 1830 g/mol. The molecule has 20 heteroatoms. The van der Waals surface area contributed by atoms with Gasteiger partial charge in [0.2, 0.25) is 0 Å². The minimum absolute atomic E-state index is 0.547. The highest BCUT2D eigenvalue weighted by atomic mass is 32.2. The molecule has 0 spiro atoms. The smallest absolute Gasteiger partial charge is 0.126 e. The molecule has 0 aliphatic heterocycles. The second-order valence-electron chi connectivity index (χ2n) is 30.5. The molecule has 616 valence electrons. The van der Waals surface area contributed by atoms with E-state index in [4.69, 9.17) is 18.9 Å². The number of rotatable bonds is 28. The van der Waals surface area contributed by atoms with Crippen LogP contribution in [-0.4, -0.2) is 26.4 Å². The fraction of sp³-hybridized carbons (Fsp3) is 0.154. The standard InChI is InChI=1S/C104H80O4S16/c1-5-41-105-101-65-49-61(73-17-21-85(113-73)89-33-37-97(121-89)93-29-25-81(117-93)77-13-9-45-109-77)50-66(101)58-68-52-63(75-19-23-87(115-75)91-35-39-99(123-91)95-31-27-83(119-95)79-15-11-47-111-79)54-70(103(68)107-43-7-3)60-72-56-64(76-20-24-88(116-76)92-36-40-100(124-92)96-32-28-84(120-96)80-16-12-48-112-80)55-71(104(72)108-44-8-4)59-69-53-62(51-67(57-65)102(69)106-42-6-2)74-18-22-86(114-74)90-34-38-98(122-90)94-30-26-82(118-94)78-14-10-46-110-78/h9-40,45-56H,5-8,41-44,57-60H2,1-4H3. The Labute approximate surface area is 787 Å². The Kier molecular flexibility index (Phi) is 24.5. The molecule has 0 fully saturated rings. The molecule has 0 N–H and O–H groups in total. The van der Waals surface area contributed by atoms with E-state index >= 15 is 0 Å². The average molecular weight is 1910 g/mol. The van der Waals surface area contributed by atoms with E-state index in [2.05, 4.69) is 292 Å². The van der Waals surface area contributed by atoms with Crippen LogP contribution in [0, 0.1) is 0 Å². The van der Waals surface area contributed by atoms with Crippen LogP contribution >= 0.6 is 181 Å². The van der Waals surface area contributed by atoms with Gasteiger partial charge in [0.1, 0.15) is 23.0 Å². The maximum atomic E-state index is 7.45. The molecule has 0 amide bonds. The molecule has 124 heavy (non-hydrogen) atoms. The Hall–Kier alpha value is -8.72. The lowest BCUT2D eigenvalue weighted by Gasteiger charge is -2.25. The minimum Gasteiger partial charge on any atom is -0.493 e. The lowest BCUT2D eigenvalue weighted by molar-refractivity contribution is 0.304. The van der Waals surface area contributed by atoms with Crippen molar-refractivity contribution in [2.75, 3.05) is 26.4 Å². The third-order valence-electron chi connectivity index (χ3n) is 21.7. The summed E-state index contributed by atoms with van der Waals surface area (Å²) in [6.45, 7) is 11.1. The number of fused-ring (bicyclic) bond motifs is 8. The van der Waals surface area contributed by atoms with Crippen LogP contribution in [0.15, 0.2) is 264 Å². The molecule has 0 saturated heterocycles. The molecule has 20 aromatic rings. The average Bonchev–Trinajstić information content (AvgIpc) is 1.01. The van der Waals surface area contributed by atoms with Crippen molar-refractivity contribution < 1.29 is 18.9 Å². The maximum absolute atomic E-state index is 7.45. The SMILES string of the molecule is CCCOc1c2cc(-c3ccc(-c4ccc(-c5ccc(-c6cccs6)s5)s4)s3)cc1Cc1cc(-c3ccc(-c4ccc(-c5ccc(-c6cccs6)s5)s4)s3)cc(c1OCCC)Cc1cc(-c3ccc(-c4ccc(-c5ccc(-c6cccs6)s5)s4)s3)cc(c1OCCC)Cc1cc(-c3ccc(-c4ccc(-c5ccc(-c6cccs6)s5)s4)s3)cc(c1OCCC)C2. The van der Waals surface area contributed by atoms with Gasteiger partial charge in [0.05, 0.1) is 26.4 Å². The molecular formula is C104H80O4S16. The highest BCUT2D eigenvalue weighted by molar-refractivity contribution is 7.32. The summed E-state index contributed by atoms with van der Waals surface area (Å²) in [6.07, 6.45) is 5.56. The first-order chi connectivity index (χ1) is 61.1. The summed E-state index contributed by atoms with van der Waals surface area (Å²) in [5.74, 6) is 3.69. The Morgan fingerprint density at radius 1 is 0.177 bits per heavy atom. The Morgan fingerprint density at radius 3 is 0.452 bits per heavy atom. The summed E-state index contributed by atoms with van der Waals surface area (Å²) < 4.78 is 29.8. The van der Waals surface area contributed by atoms with Crippen molar-refractivity contribution in [3.05, 3.63) is 309 Å². The molecule has 1 aliphatic rings. The van der Waals surface area contributed by atoms with Crippen LogP contribution in [0.2, 0.25) is 0 Å². The van der Waals surface area contributed by atoms with Crippen LogP contribution in [0.3, 0.4) is 0 Å². The van der Waals surface area contributed by atoms with Crippen molar-refractivity contribution in [1.29, 1.82) is 0 Å². The predicted octanol–water partition coefficient (Wildman–Crippen LogP) is 37.2. The summed E-state index contributed by atoms with van der Waals surface area (Å²) in [4.78, 5) is 35.7. The molecule has 21 rings (SSSR count). The highest BCUT2D eigenvalue weighted by Crippen LogP contribution is 2.54. The first kappa shape index (κ1) is 82.3. The molecule has 8 bridgehead atoms. The van der Waals surface area contributed by atoms with Gasteiger partial charge in [-0.1, -0.05) is 52.0 Å². The normalized spacial score (nSPS) is 12.2. The first-order valence-corrected chi connectivity index (χ1v) is 55.0. The molecule has 4 nitrogen and oxygen atoms in total. The van der Waals surface area contributed by atoms with E-state index in [0.29, 0.717) is 52.1 Å². The second kappa shape index (κ2) is 36.9. The van der Waals surface area contributed by atoms with Crippen LogP contribution < -0.4 is 18.9 Å². The third kappa shape index (κ3) is 17.3. The summed E-state index contributed by atoms with van der Waals surface area (Å²) in [7, 11) is 0. The van der Waals surface area contributed by atoms with E-state index in [1.807, 2.05) is 136 Å². The number of hydrogen-bond donors (Lipinski definition) is 0. The van der Waals surface area contributed by atoms with Gasteiger partial charge in [-0.05, 0) is 332 Å². The first-order valence-electron chi connectivity index (χ1n) is 41.7. The Bertz CT molecular complexity index is 6150. The summed E-state index contributed by atoms with van der Waals surface area (Å²) in [5.41, 5.74) is 13.6. The predicted molar refractivity (Wildman–Crippen MR) is 553 cm³/mol. The van der Waals surface area contributed by atoms with E-state index in [1.54, 1.807) is 45.3 Å². The van der Waals surface area contributed by atoms with Crippen LogP contribution in [0.25, 0.3) is 159 Å². The zero-order valence-corrected chi connectivity index (χ0v) is 81.1. The van der Waals surface area contributed by atoms with Gasteiger partial charge in [0.15, 0.2) is 0 Å². The van der Waals surface area contributed by atoms with Crippen molar-refractivity contribution in [3.63, 3.8) is 0 Å². The summed E-state index contributed by atoms with van der Waals surface area (Å²) >= 11 is 29.7. The quantitative estimate of drug-likeness (QED) is 0.0490. The Morgan fingerprint density at radius 2 is 0.315 bits per heavy atom. The topological polar surface area (TPSA) is 36.9 Å². The van der Waals surface area contributed by atoms with Crippen molar-refractivity contribution in [3.8, 4) is 182 Å². The van der Waals surface area contributed by atoms with Gasteiger partial charge >= 0.3 is 0 Å². The molecule has 16 heterocycles. The van der Waals surface area contributed by atoms with Gasteiger partial charge in [-0.25, -0.2) is 0 Å². The van der Waals surface area contributed by atoms with E-state index < -0.39 is 0 Å². The molecule has 0 atom stereocenters. The van der Waals surface area contributed by atoms with Crippen LogP contribution in [0.5, 0.6) is 23.0 Å². The van der Waals surface area contributed by atoms with Gasteiger partial charge in [-0.15, -0.1) is 181 Å². The van der Waals surface area contributed by atoms with Gasteiger partial charge in [-0.3, -0.25) is 0 Å². The molecule has 4 aromatic carbocycles. The van der Waals surface area contributed by atoms with Crippen LogP contribution in [0.4, 0.5) is 0 Å². The van der Waals surface area contributed by atoms with Gasteiger partial charge in [0, 0.05) is 162 Å². The molecule has 0 saturated carbocycles. The molecule has 16 aromatic heterocycles. The van der Waals surface area contributed by atoms with Crippen molar-refractivity contribution >= 4 is 181 Å². The fourth-order valence-electron chi connectivity index (χ4n) is 16.0. The fourth-order valence-corrected chi connectivity index (χ4v) is 32.1. The number of benzene rings is 4. The molecule has 1 aliphatic carbocycles. The zero-order chi connectivity index (χ0) is 83.1. The minimum atomic E-state index is 0.547. The largest absolute Gasteiger partial charge is 0.493 e. The van der Waals surface area contributed by atoms with Crippen molar-refractivity contribution in [1.82, 2.24) is 0 Å². The Balaban J connectivity index is 0.744. The van der Waals surface area contributed by atoms with Crippen LogP contribution in [-0.2, 0) is 25.7 Å². The zero-order valence-electron chi connectivity index (χ0n) is 68.1. The summed E-state index contributed by atoms with van der Waals surface area (Å²) in [6, 6.07) is 92.8. The second-order valence-corrected chi connectivity index (χ2v) is 47.3. The maximum Gasteiger partial charge on any atom is 0.126 e.